The third kappa shape index (κ3) is 4.38. The molecule has 0 heterocycles. The third-order valence-corrected chi connectivity index (χ3v) is 4.65. The molecule has 22 heavy (non-hydrogen) atoms. The Bertz CT molecular complexity index is 650. The highest BCUT2D eigenvalue weighted by Crippen LogP contribution is 2.26. The van der Waals surface area contributed by atoms with Crippen LogP contribution < -0.4 is 4.74 Å². The van der Waals surface area contributed by atoms with Gasteiger partial charge in [0.25, 0.3) is 0 Å². The van der Waals surface area contributed by atoms with Crippen LogP contribution in [0.5, 0.6) is 5.75 Å². The number of carbonyl (C=O) groups is 1. The molecular formula is C19H22O2S. The van der Waals surface area contributed by atoms with Crippen LogP contribution in [0.4, 0.5) is 0 Å². The van der Waals surface area contributed by atoms with Crippen molar-refractivity contribution < 1.29 is 9.53 Å². The summed E-state index contributed by atoms with van der Waals surface area (Å²) in [5.74, 6) is 0.902. The van der Waals surface area contributed by atoms with Crippen LogP contribution in [-0.2, 0) is 17.8 Å². The van der Waals surface area contributed by atoms with Gasteiger partial charge < -0.3 is 4.74 Å². The number of carbonyl (C=O) groups excluding carboxylic acids is 1. The van der Waals surface area contributed by atoms with Gasteiger partial charge >= 0.3 is 0 Å². The molecule has 0 amide bonds. The lowest BCUT2D eigenvalue weighted by Gasteiger charge is -2.12. The molecule has 2 rings (SSSR count). The Labute approximate surface area is 136 Å². The van der Waals surface area contributed by atoms with Gasteiger partial charge in [0.1, 0.15) is 12.4 Å². The molecule has 2 nitrogen and oxygen atoms in total. The topological polar surface area (TPSA) is 26.3 Å². The maximum absolute atomic E-state index is 11.7. The Morgan fingerprint density at radius 3 is 2.59 bits per heavy atom. The molecule has 0 spiro atoms. The van der Waals surface area contributed by atoms with Gasteiger partial charge in [0.2, 0.25) is 0 Å². The van der Waals surface area contributed by atoms with Crippen molar-refractivity contribution in [2.24, 2.45) is 0 Å². The molecule has 0 fully saturated rings. The van der Waals surface area contributed by atoms with E-state index in [1.165, 1.54) is 17.3 Å². The van der Waals surface area contributed by atoms with E-state index >= 15 is 0 Å². The van der Waals surface area contributed by atoms with Crippen LogP contribution in [0, 0.1) is 6.92 Å². The molecule has 0 aromatic heterocycles. The number of benzene rings is 2. The van der Waals surface area contributed by atoms with Gasteiger partial charge in [0.05, 0.1) is 0 Å². The highest BCUT2D eigenvalue weighted by atomic mass is 32.2. The van der Waals surface area contributed by atoms with Crippen LogP contribution >= 0.6 is 11.8 Å². The molecule has 116 valence electrons. The second-order valence-electron chi connectivity index (χ2n) is 5.18. The second kappa shape index (κ2) is 8.04. The van der Waals surface area contributed by atoms with Crippen LogP contribution in [0.2, 0.25) is 0 Å². The summed E-state index contributed by atoms with van der Waals surface area (Å²) >= 11 is 1.30. The van der Waals surface area contributed by atoms with E-state index in [0.29, 0.717) is 13.0 Å². The van der Waals surface area contributed by atoms with Crippen molar-refractivity contribution in [1.82, 2.24) is 0 Å². The molecule has 0 unspecified atom stereocenters. The van der Waals surface area contributed by atoms with Gasteiger partial charge in [-0.2, -0.15) is 0 Å². The molecule has 0 aliphatic rings. The smallest absolute Gasteiger partial charge is 0.193 e. The Kier molecular flexibility index (Phi) is 6.08. The molecule has 0 saturated carbocycles. The summed E-state index contributed by atoms with van der Waals surface area (Å²) < 4.78 is 5.95. The number of hydrogen-bond acceptors (Lipinski definition) is 3. The molecule has 2 aromatic rings. The SMILES string of the molecule is CCC(=O)Sc1ccccc1COc1ccc(CC)cc1C. The molecule has 0 aliphatic heterocycles. The summed E-state index contributed by atoms with van der Waals surface area (Å²) in [6, 6.07) is 14.2. The lowest BCUT2D eigenvalue weighted by Crippen LogP contribution is -2.00. The highest BCUT2D eigenvalue weighted by Gasteiger charge is 2.08. The molecule has 0 N–H and O–H groups in total. The average molecular weight is 314 g/mol. The van der Waals surface area contributed by atoms with Crippen molar-refractivity contribution in [2.75, 3.05) is 0 Å². The number of ether oxygens (including phenoxy) is 1. The summed E-state index contributed by atoms with van der Waals surface area (Å²) in [4.78, 5) is 12.6. The van der Waals surface area contributed by atoms with Crippen LogP contribution in [0.3, 0.4) is 0 Å². The van der Waals surface area contributed by atoms with Gasteiger partial charge in [-0.1, -0.05) is 55.9 Å². The van der Waals surface area contributed by atoms with E-state index < -0.39 is 0 Å². The van der Waals surface area contributed by atoms with E-state index in [1.54, 1.807) is 0 Å². The number of rotatable bonds is 6. The molecular weight excluding hydrogens is 292 g/mol. The van der Waals surface area contributed by atoms with E-state index in [1.807, 2.05) is 37.3 Å². The average Bonchev–Trinajstić information content (AvgIpc) is 2.54. The minimum absolute atomic E-state index is 0.177. The van der Waals surface area contributed by atoms with Gasteiger partial charge in [-0.05, 0) is 36.6 Å². The van der Waals surface area contributed by atoms with Crippen LogP contribution in [-0.4, -0.2) is 5.12 Å². The quantitative estimate of drug-likeness (QED) is 0.688. The first kappa shape index (κ1) is 16.6. The van der Waals surface area contributed by atoms with Crippen molar-refractivity contribution >= 4 is 16.9 Å². The standard InChI is InChI=1S/C19H22O2S/c1-4-15-10-11-17(14(3)12-15)21-13-16-8-6-7-9-18(16)22-19(20)5-2/h6-12H,4-5,13H2,1-3H3. The summed E-state index contributed by atoms with van der Waals surface area (Å²) in [5.41, 5.74) is 3.51. The van der Waals surface area contributed by atoms with Gasteiger partial charge in [-0.3, -0.25) is 4.79 Å². The summed E-state index contributed by atoms with van der Waals surface area (Å²) in [5, 5.41) is 0.177. The van der Waals surface area contributed by atoms with E-state index in [9.17, 15) is 4.79 Å². The molecule has 0 radical (unpaired) electrons. The minimum Gasteiger partial charge on any atom is -0.489 e. The Morgan fingerprint density at radius 1 is 1.14 bits per heavy atom. The van der Waals surface area contributed by atoms with E-state index in [0.717, 1.165) is 28.2 Å². The Hall–Kier alpha value is -1.74. The Balaban J connectivity index is 2.10. The number of hydrogen-bond donors (Lipinski definition) is 0. The van der Waals surface area contributed by atoms with E-state index in [-0.39, 0.29) is 5.12 Å². The monoisotopic (exact) mass is 314 g/mol. The lowest BCUT2D eigenvalue weighted by atomic mass is 10.1. The molecule has 0 saturated heterocycles. The maximum Gasteiger partial charge on any atom is 0.193 e. The van der Waals surface area contributed by atoms with Crippen LogP contribution in [0.1, 0.15) is 37.0 Å². The predicted octanol–water partition coefficient (Wildman–Crippen LogP) is 5.17. The highest BCUT2D eigenvalue weighted by molar-refractivity contribution is 8.13. The first-order valence-corrected chi connectivity index (χ1v) is 8.46. The number of thioether (sulfide) groups is 1. The number of aryl methyl sites for hydroxylation is 2. The van der Waals surface area contributed by atoms with Crippen LogP contribution in [0.25, 0.3) is 0 Å². The third-order valence-electron chi connectivity index (χ3n) is 3.52. The van der Waals surface area contributed by atoms with Gasteiger partial charge in [-0.15, -0.1) is 0 Å². The van der Waals surface area contributed by atoms with Crippen molar-refractivity contribution in [3.05, 3.63) is 59.2 Å². The fraction of sp³-hybridized carbons (Fsp3) is 0.316. The molecule has 0 aliphatic carbocycles. The van der Waals surface area contributed by atoms with Gasteiger partial charge in [-0.25, -0.2) is 0 Å². The zero-order chi connectivity index (χ0) is 15.9. The van der Waals surface area contributed by atoms with Crippen LogP contribution in [0.15, 0.2) is 47.4 Å². The fourth-order valence-corrected chi connectivity index (χ4v) is 2.96. The van der Waals surface area contributed by atoms with Crippen molar-refractivity contribution in [2.45, 2.75) is 45.1 Å². The maximum atomic E-state index is 11.7. The van der Waals surface area contributed by atoms with Gasteiger partial charge in [0, 0.05) is 16.9 Å². The molecule has 2 aromatic carbocycles. The lowest BCUT2D eigenvalue weighted by molar-refractivity contribution is -0.110. The normalized spacial score (nSPS) is 10.5. The van der Waals surface area contributed by atoms with Gasteiger partial charge in [0.15, 0.2) is 5.12 Å². The summed E-state index contributed by atoms with van der Waals surface area (Å²) in [6.45, 7) is 6.57. The first-order chi connectivity index (χ1) is 10.6. The predicted molar refractivity (Wildman–Crippen MR) is 92.5 cm³/mol. The Morgan fingerprint density at radius 2 is 1.91 bits per heavy atom. The largest absolute Gasteiger partial charge is 0.489 e. The zero-order valence-corrected chi connectivity index (χ0v) is 14.2. The second-order valence-corrected chi connectivity index (χ2v) is 6.28. The molecule has 3 heteroatoms. The first-order valence-electron chi connectivity index (χ1n) is 7.65. The minimum atomic E-state index is 0.177. The molecule has 0 atom stereocenters. The van der Waals surface area contributed by atoms with Crippen molar-refractivity contribution in [3.63, 3.8) is 0 Å². The fourth-order valence-electron chi connectivity index (χ4n) is 2.17. The molecule has 0 bridgehead atoms. The zero-order valence-electron chi connectivity index (χ0n) is 13.4. The van der Waals surface area contributed by atoms with E-state index in [4.69, 9.17) is 4.74 Å². The van der Waals surface area contributed by atoms with Crippen molar-refractivity contribution in [1.29, 1.82) is 0 Å². The summed E-state index contributed by atoms with van der Waals surface area (Å²) in [6.07, 6.45) is 1.57. The van der Waals surface area contributed by atoms with Crippen molar-refractivity contribution in [3.8, 4) is 5.75 Å². The summed E-state index contributed by atoms with van der Waals surface area (Å²) in [7, 11) is 0. The van der Waals surface area contributed by atoms with E-state index in [2.05, 4.69) is 26.0 Å².